The van der Waals surface area contributed by atoms with Crippen LogP contribution < -0.4 is 0 Å². The molecule has 0 aliphatic heterocycles. The molecule has 1 N–H and O–H groups in total. The predicted molar refractivity (Wildman–Crippen MR) is 82.6 cm³/mol. The van der Waals surface area contributed by atoms with E-state index >= 15 is 0 Å². The summed E-state index contributed by atoms with van der Waals surface area (Å²) in [5.41, 5.74) is -1.20. The van der Waals surface area contributed by atoms with Gasteiger partial charge >= 0.3 is 7.60 Å². The topological polar surface area (TPSA) is 94.2 Å². The molecule has 0 heterocycles. The average Bonchev–Trinajstić information content (AvgIpc) is 2.50. The van der Waals surface area contributed by atoms with Crippen molar-refractivity contribution in [1.29, 1.82) is 0 Å². The highest BCUT2D eigenvalue weighted by Crippen LogP contribution is 2.63. The van der Waals surface area contributed by atoms with Gasteiger partial charge in [0.25, 0.3) is 0 Å². The van der Waals surface area contributed by atoms with E-state index in [1.807, 2.05) is 0 Å². The minimum atomic E-state index is -4.20. The van der Waals surface area contributed by atoms with Crippen molar-refractivity contribution in [1.82, 2.24) is 0 Å². The normalized spacial score (nSPS) is 16.2. The smallest absolute Gasteiger partial charge is 0.368 e. The second kappa shape index (κ2) is 7.05. The molecule has 1 atom stereocenters. The van der Waals surface area contributed by atoms with Gasteiger partial charge in [-0.15, -0.1) is 0 Å². The molecule has 0 aliphatic rings. The van der Waals surface area contributed by atoms with E-state index < -0.39 is 30.8 Å². The third kappa shape index (κ3) is 3.95. The Kier molecular flexibility index (Phi) is 6.04. The van der Waals surface area contributed by atoms with Gasteiger partial charge in [0.05, 0.1) is 0 Å². The maximum atomic E-state index is 14.1. The first-order valence-electron chi connectivity index (χ1n) is 6.85. The molecule has 0 aliphatic carbocycles. The molecule has 0 aromatic heterocycles. The third-order valence-electron chi connectivity index (χ3n) is 3.23. The van der Waals surface area contributed by atoms with E-state index in [2.05, 4.69) is 5.11 Å². The van der Waals surface area contributed by atoms with Gasteiger partial charge in [-0.1, -0.05) is 23.1 Å². The lowest BCUT2D eigenvalue weighted by molar-refractivity contribution is -0.600. The molecule has 130 valence electrons. The van der Waals surface area contributed by atoms with Crippen LogP contribution in [0.4, 0.5) is 4.39 Å². The summed E-state index contributed by atoms with van der Waals surface area (Å²) in [7, 11) is -2.08. The number of azo groups is 1. The zero-order chi connectivity index (χ0) is 17.9. The lowest BCUT2D eigenvalue weighted by atomic mass is 10.1. The van der Waals surface area contributed by atoms with Gasteiger partial charge in [0.2, 0.25) is 5.34 Å². The molecule has 7 nitrogen and oxygen atoms in total. The molecular weight excluding hydrogens is 326 g/mol. The van der Waals surface area contributed by atoms with E-state index in [1.165, 1.54) is 18.2 Å². The molecule has 0 unspecified atom stereocenters. The van der Waals surface area contributed by atoms with Crippen LogP contribution in [0.2, 0.25) is 0 Å². The van der Waals surface area contributed by atoms with Gasteiger partial charge in [-0.05, 0) is 11.2 Å². The summed E-state index contributed by atoms with van der Waals surface area (Å²) in [5.74, 6) is -0.812. The fourth-order valence-electron chi connectivity index (χ4n) is 1.86. The van der Waals surface area contributed by atoms with Crippen LogP contribution in [-0.4, -0.2) is 36.3 Å². The minimum absolute atomic E-state index is 0.321. The van der Waals surface area contributed by atoms with Crippen molar-refractivity contribution in [3.8, 4) is 0 Å². The number of hydroxylamine groups is 1. The summed E-state index contributed by atoms with van der Waals surface area (Å²) in [6.07, 6.45) is 0. The molecule has 0 bridgehead atoms. The average molecular weight is 348 g/mol. The zero-order valence-electron chi connectivity index (χ0n) is 13.8. The summed E-state index contributed by atoms with van der Waals surface area (Å²) >= 11 is 0. The summed E-state index contributed by atoms with van der Waals surface area (Å²) in [6, 6.07) is 5.20. The SMILES string of the molecule is COP(=O)(OC)[C@](O)(CN=[N+]([O-])C(C)(C)C)c1ccccc1F. The van der Waals surface area contributed by atoms with Crippen LogP contribution in [0.5, 0.6) is 0 Å². The largest absolute Gasteiger partial charge is 0.600 e. The minimum Gasteiger partial charge on any atom is -0.600 e. The Labute approximate surface area is 134 Å². The molecule has 0 spiro atoms. The summed E-state index contributed by atoms with van der Waals surface area (Å²) in [4.78, 5) is 0.356. The molecule has 0 saturated carbocycles. The van der Waals surface area contributed by atoms with Gasteiger partial charge < -0.3 is 19.4 Å². The molecule has 0 saturated heterocycles. The number of benzene rings is 1. The van der Waals surface area contributed by atoms with Gasteiger partial charge in [0.15, 0.2) is 5.54 Å². The van der Waals surface area contributed by atoms with Gasteiger partial charge in [-0.2, -0.15) is 0 Å². The van der Waals surface area contributed by atoms with Crippen LogP contribution in [-0.2, 0) is 19.0 Å². The number of aliphatic hydroxyl groups is 1. The highest BCUT2D eigenvalue weighted by Gasteiger charge is 2.53. The molecule has 0 amide bonds. The highest BCUT2D eigenvalue weighted by molar-refractivity contribution is 7.54. The van der Waals surface area contributed by atoms with E-state index in [9.17, 15) is 19.3 Å². The Morgan fingerprint density at radius 3 is 2.26 bits per heavy atom. The summed E-state index contributed by atoms with van der Waals surface area (Å²) in [5, 5.41) is 24.0. The van der Waals surface area contributed by atoms with E-state index in [4.69, 9.17) is 9.05 Å². The molecule has 23 heavy (non-hydrogen) atoms. The maximum absolute atomic E-state index is 14.1. The first-order chi connectivity index (χ1) is 10.5. The zero-order valence-corrected chi connectivity index (χ0v) is 14.7. The van der Waals surface area contributed by atoms with Crippen molar-refractivity contribution in [2.45, 2.75) is 31.7 Å². The van der Waals surface area contributed by atoms with Crippen molar-refractivity contribution in [3.63, 3.8) is 0 Å². The van der Waals surface area contributed by atoms with Crippen LogP contribution in [0.3, 0.4) is 0 Å². The van der Waals surface area contributed by atoms with Crippen molar-refractivity contribution in [2.75, 3.05) is 20.8 Å². The quantitative estimate of drug-likeness (QED) is 0.369. The molecule has 1 rings (SSSR count). The van der Waals surface area contributed by atoms with Gasteiger partial charge in [-0.25, -0.2) is 4.39 Å². The second-order valence-corrected chi connectivity index (χ2v) is 8.37. The van der Waals surface area contributed by atoms with E-state index in [0.717, 1.165) is 20.3 Å². The van der Waals surface area contributed by atoms with Crippen molar-refractivity contribution < 1.29 is 28.0 Å². The number of rotatable bonds is 6. The molecule has 0 fully saturated rings. The molecule has 9 heteroatoms. The van der Waals surface area contributed by atoms with E-state index in [0.29, 0.717) is 4.86 Å². The molecule has 0 radical (unpaired) electrons. The van der Waals surface area contributed by atoms with E-state index in [1.54, 1.807) is 20.8 Å². The van der Waals surface area contributed by atoms with E-state index in [-0.39, 0.29) is 5.56 Å². The molecular formula is C14H22FN2O5P. The fraction of sp³-hybridized carbons (Fsp3) is 0.571. The summed E-state index contributed by atoms with van der Waals surface area (Å²) < 4.78 is 36.5. The van der Waals surface area contributed by atoms with Crippen molar-refractivity contribution in [2.24, 2.45) is 5.11 Å². The Hall–Kier alpha value is -1.34. The first kappa shape index (κ1) is 19.7. The molecule has 1 aromatic carbocycles. The van der Waals surface area contributed by atoms with Gasteiger partial charge in [-0.3, -0.25) is 4.57 Å². The lowest BCUT2D eigenvalue weighted by Crippen LogP contribution is -2.34. The first-order valence-corrected chi connectivity index (χ1v) is 8.40. The lowest BCUT2D eigenvalue weighted by Gasteiger charge is -2.31. The van der Waals surface area contributed by atoms with Crippen LogP contribution in [0, 0.1) is 11.0 Å². The highest BCUT2D eigenvalue weighted by atomic mass is 31.2. The van der Waals surface area contributed by atoms with Crippen LogP contribution >= 0.6 is 7.60 Å². The second-order valence-electron chi connectivity index (χ2n) is 5.90. The van der Waals surface area contributed by atoms with Crippen LogP contribution in [0.25, 0.3) is 0 Å². The Balaban J connectivity index is 3.46. The number of halogens is 1. The maximum Gasteiger partial charge on any atom is 0.368 e. The van der Waals surface area contributed by atoms with Crippen LogP contribution in [0.1, 0.15) is 26.3 Å². The monoisotopic (exact) mass is 348 g/mol. The summed E-state index contributed by atoms with van der Waals surface area (Å²) in [6.45, 7) is 4.14. The number of hydrogen-bond acceptors (Lipinski definition) is 6. The van der Waals surface area contributed by atoms with Crippen molar-refractivity contribution >= 4 is 7.60 Å². The Morgan fingerprint density at radius 1 is 1.30 bits per heavy atom. The number of hydrogen-bond donors (Lipinski definition) is 1. The molecule has 1 aromatic rings. The predicted octanol–water partition coefficient (Wildman–Crippen LogP) is 3.22. The van der Waals surface area contributed by atoms with Crippen LogP contribution in [0.15, 0.2) is 29.4 Å². The Bertz CT molecular complexity index is 624. The number of nitrogens with zero attached hydrogens (tertiary/aromatic N) is 2. The third-order valence-corrected chi connectivity index (χ3v) is 5.48. The van der Waals surface area contributed by atoms with Gasteiger partial charge in [0.1, 0.15) is 12.4 Å². The standard InChI is InChI=1S/C14H22FN2O5P/c1-13(2,3)17(19)16-10-14(18,23(20,21-4)22-5)11-8-6-7-9-12(11)15/h6-9,18H,10H2,1-5H3/t14-/m1/s1. The van der Waals surface area contributed by atoms with Crippen molar-refractivity contribution in [3.05, 3.63) is 40.9 Å². The van der Waals surface area contributed by atoms with Gasteiger partial charge in [0, 0.05) is 40.6 Å². The Morgan fingerprint density at radius 2 is 1.83 bits per heavy atom. The fourth-order valence-corrected chi connectivity index (χ4v) is 3.32.